The van der Waals surface area contributed by atoms with Gasteiger partial charge in [-0.15, -0.1) is 10.2 Å². The maximum atomic E-state index is 12.9. The third kappa shape index (κ3) is 4.25. The highest BCUT2D eigenvalue weighted by Crippen LogP contribution is 2.32. The monoisotopic (exact) mass is 420 g/mol. The zero-order valence-corrected chi connectivity index (χ0v) is 16.4. The largest absolute Gasteiger partial charge is 0.416 e. The van der Waals surface area contributed by atoms with Crippen LogP contribution < -0.4 is 4.90 Å². The lowest BCUT2D eigenvalue weighted by molar-refractivity contribution is -0.137. The Morgan fingerprint density at radius 3 is 2.33 bits per heavy atom. The summed E-state index contributed by atoms with van der Waals surface area (Å²) in [5, 5.41) is 9.91. The lowest BCUT2D eigenvalue weighted by Gasteiger charge is -2.33. The van der Waals surface area contributed by atoms with E-state index in [1.54, 1.807) is 0 Å². The fraction of sp³-hybridized carbons (Fsp3) is 0.500. The molecular weight excluding hydrogens is 401 g/mol. The molecule has 0 bridgehead atoms. The van der Waals surface area contributed by atoms with Crippen molar-refractivity contribution in [2.75, 3.05) is 31.1 Å². The SMILES string of the molecule is CC(C)c1nnc(N2CCN(S(=O)(=O)c3cccc(C(F)(F)F)c3)CC2)s1. The summed E-state index contributed by atoms with van der Waals surface area (Å²) in [5.74, 6) is 0.263. The molecule has 1 aromatic carbocycles. The van der Waals surface area contributed by atoms with E-state index < -0.39 is 21.8 Å². The normalized spacial score (nSPS) is 16.9. The van der Waals surface area contributed by atoms with Gasteiger partial charge >= 0.3 is 6.18 Å². The number of benzene rings is 1. The number of anilines is 1. The van der Waals surface area contributed by atoms with E-state index in [4.69, 9.17) is 0 Å². The molecule has 0 unspecified atom stereocenters. The predicted molar refractivity (Wildman–Crippen MR) is 96.4 cm³/mol. The number of aromatic nitrogens is 2. The Hall–Kier alpha value is -1.72. The van der Waals surface area contributed by atoms with Crippen LogP contribution in [0.1, 0.15) is 30.3 Å². The van der Waals surface area contributed by atoms with E-state index in [0.717, 1.165) is 22.3 Å². The van der Waals surface area contributed by atoms with Crippen LogP contribution >= 0.6 is 11.3 Å². The number of rotatable bonds is 4. The van der Waals surface area contributed by atoms with Crippen molar-refractivity contribution in [1.82, 2.24) is 14.5 Å². The zero-order valence-electron chi connectivity index (χ0n) is 14.8. The minimum Gasteiger partial charge on any atom is -0.344 e. The smallest absolute Gasteiger partial charge is 0.344 e. The average molecular weight is 420 g/mol. The second-order valence-corrected chi connectivity index (χ2v) is 9.42. The van der Waals surface area contributed by atoms with Gasteiger partial charge in [-0.25, -0.2) is 8.42 Å². The van der Waals surface area contributed by atoms with Gasteiger partial charge in [-0.2, -0.15) is 17.5 Å². The minimum absolute atomic E-state index is 0.176. The van der Waals surface area contributed by atoms with Gasteiger partial charge in [-0.3, -0.25) is 0 Å². The number of hydrogen-bond acceptors (Lipinski definition) is 6. The Bertz CT molecular complexity index is 904. The number of halogens is 3. The van der Waals surface area contributed by atoms with Crippen molar-refractivity contribution >= 4 is 26.5 Å². The summed E-state index contributed by atoms with van der Waals surface area (Å²) in [6.07, 6.45) is -4.59. The van der Waals surface area contributed by atoms with Crippen LogP contribution in [0.5, 0.6) is 0 Å². The van der Waals surface area contributed by atoms with Crippen LogP contribution in [-0.4, -0.2) is 49.1 Å². The summed E-state index contributed by atoms with van der Waals surface area (Å²) >= 11 is 1.47. The van der Waals surface area contributed by atoms with Crippen LogP contribution in [0.15, 0.2) is 29.2 Å². The molecule has 1 fully saturated rings. The average Bonchev–Trinajstić information content (AvgIpc) is 3.12. The third-order valence-corrected chi connectivity index (χ3v) is 7.41. The molecule has 148 valence electrons. The molecule has 0 spiro atoms. The van der Waals surface area contributed by atoms with Gasteiger partial charge in [0.15, 0.2) is 0 Å². The van der Waals surface area contributed by atoms with E-state index in [9.17, 15) is 21.6 Å². The lowest BCUT2D eigenvalue weighted by Crippen LogP contribution is -2.48. The lowest BCUT2D eigenvalue weighted by atomic mass is 10.2. The molecule has 2 heterocycles. The molecule has 1 aliphatic rings. The van der Waals surface area contributed by atoms with Gasteiger partial charge in [-0.05, 0) is 18.2 Å². The molecular formula is C16H19F3N4O2S2. The summed E-state index contributed by atoms with van der Waals surface area (Å²) in [4.78, 5) is 1.60. The van der Waals surface area contributed by atoms with E-state index >= 15 is 0 Å². The molecule has 1 aliphatic heterocycles. The zero-order chi connectivity index (χ0) is 19.8. The van der Waals surface area contributed by atoms with Gasteiger partial charge in [0.2, 0.25) is 15.2 Å². The highest BCUT2D eigenvalue weighted by atomic mass is 32.2. The molecule has 2 aromatic rings. The van der Waals surface area contributed by atoms with E-state index in [2.05, 4.69) is 10.2 Å². The van der Waals surface area contributed by atoms with E-state index in [1.165, 1.54) is 21.7 Å². The molecule has 0 radical (unpaired) electrons. The van der Waals surface area contributed by atoms with Gasteiger partial charge < -0.3 is 4.90 Å². The van der Waals surface area contributed by atoms with Crippen molar-refractivity contribution < 1.29 is 21.6 Å². The van der Waals surface area contributed by atoms with Gasteiger partial charge in [-0.1, -0.05) is 31.3 Å². The molecule has 0 saturated carbocycles. The first-order valence-electron chi connectivity index (χ1n) is 8.35. The van der Waals surface area contributed by atoms with Gasteiger partial charge in [0.05, 0.1) is 10.5 Å². The van der Waals surface area contributed by atoms with E-state index in [-0.39, 0.29) is 23.9 Å². The molecule has 1 aromatic heterocycles. The number of piperazine rings is 1. The quantitative estimate of drug-likeness (QED) is 0.760. The van der Waals surface area contributed by atoms with Crippen molar-refractivity contribution in [2.24, 2.45) is 0 Å². The second-order valence-electron chi connectivity index (χ2n) is 6.49. The number of sulfonamides is 1. The second kappa shape index (κ2) is 7.36. The maximum Gasteiger partial charge on any atom is 0.416 e. The van der Waals surface area contributed by atoms with Gasteiger partial charge in [0, 0.05) is 32.1 Å². The molecule has 1 saturated heterocycles. The van der Waals surface area contributed by atoms with Crippen molar-refractivity contribution in [3.63, 3.8) is 0 Å². The van der Waals surface area contributed by atoms with Crippen LogP contribution in [0.4, 0.5) is 18.3 Å². The highest BCUT2D eigenvalue weighted by Gasteiger charge is 2.34. The Labute approximate surface area is 159 Å². The molecule has 27 heavy (non-hydrogen) atoms. The van der Waals surface area contributed by atoms with Crippen molar-refractivity contribution in [3.05, 3.63) is 34.8 Å². The van der Waals surface area contributed by atoms with Gasteiger partial charge in [0.25, 0.3) is 0 Å². The molecule has 0 N–H and O–H groups in total. The van der Waals surface area contributed by atoms with Crippen LogP contribution in [0.2, 0.25) is 0 Å². The molecule has 6 nitrogen and oxygen atoms in total. The van der Waals surface area contributed by atoms with Crippen LogP contribution in [-0.2, 0) is 16.2 Å². The maximum absolute atomic E-state index is 12.9. The standard InChI is InChI=1S/C16H19F3N4O2S2/c1-11(2)14-20-21-15(26-14)22-6-8-23(9-7-22)27(24,25)13-5-3-4-12(10-13)16(17,18)19/h3-5,10-11H,6-9H2,1-2H3. The van der Waals surface area contributed by atoms with Crippen molar-refractivity contribution in [1.29, 1.82) is 0 Å². The summed E-state index contributed by atoms with van der Waals surface area (Å²) in [6, 6.07) is 3.84. The Kier molecular flexibility index (Phi) is 5.46. The molecule has 0 atom stereocenters. The summed E-state index contributed by atoms with van der Waals surface area (Å²) in [5.41, 5.74) is -0.975. The fourth-order valence-electron chi connectivity index (χ4n) is 2.69. The molecule has 3 rings (SSSR count). The first-order valence-corrected chi connectivity index (χ1v) is 10.6. The predicted octanol–water partition coefficient (Wildman–Crippen LogP) is 3.19. The van der Waals surface area contributed by atoms with Crippen LogP contribution in [0, 0.1) is 0 Å². The topological polar surface area (TPSA) is 66.4 Å². The van der Waals surface area contributed by atoms with Gasteiger partial charge in [0.1, 0.15) is 5.01 Å². The number of hydrogen-bond donors (Lipinski definition) is 0. The Morgan fingerprint density at radius 2 is 1.78 bits per heavy atom. The molecule has 0 amide bonds. The summed E-state index contributed by atoms with van der Waals surface area (Å²) < 4.78 is 65.3. The Balaban J connectivity index is 1.73. The summed E-state index contributed by atoms with van der Waals surface area (Å²) in [6.45, 7) is 5.20. The number of alkyl halides is 3. The first-order chi connectivity index (χ1) is 12.6. The van der Waals surface area contributed by atoms with E-state index in [1.807, 2.05) is 18.7 Å². The third-order valence-electron chi connectivity index (χ3n) is 4.23. The summed E-state index contributed by atoms with van der Waals surface area (Å²) in [7, 11) is -3.98. The van der Waals surface area contributed by atoms with Crippen LogP contribution in [0.25, 0.3) is 0 Å². The first kappa shape index (κ1) is 20.0. The van der Waals surface area contributed by atoms with Crippen molar-refractivity contribution in [3.8, 4) is 0 Å². The molecule has 0 aliphatic carbocycles. The minimum atomic E-state index is -4.59. The number of nitrogens with zero attached hydrogens (tertiary/aromatic N) is 4. The van der Waals surface area contributed by atoms with Crippen LogP contribution in [0.3, 0.4) is 0 Å². The fourth-order valence-corrected chi connectivity index (χ4v) is 5.06. The highest BCUT2D eigenvalue weighted by molar-refractivity contribution is 7.89. The Morgan fingerprint density at radius 1 is 1.11 bits per heavy atom. The van der Waals surface area contributed by atoms with E-state index in [0.29, 0.717) is 19.2 Å². The van der Waals surface area contributed by atoms with Crippen molar-refractivity contribution in [2.45, 2.75) is 30.8 Å². The molecule has 11 heteroatoms.